The van der Waals surface area contributed by atoms with E-state index in [1.807, 2.05) is 0 Å². The van der Waals surface area contributed by atoms with Gasteiger partial charge in [-0.05, 0) is 36.4 Å². The second kappa shape index (κ2) is 18.8. The standard InChI is InChI=1S/2C10H13Cl2FN2.C2H2O4/c2*11-3-5-15(6-4-12)10-2-1-8(14)7-9(10)13;3-1(4)2(5)6/h2*1-2,7H,3-6,14H2;(H,3,4)(H,5,6). The molecule has 0 aliphatic carbocycles. The van der Waals surface area contributed by atoms with Crippen LogP contribution in [0.5, 0.6) is 0 Å². The molecule has 0 radical (unpaired) electrons. The third-order valence-electron chi connectivity index (χ3n) is 4.23. The number of carbonyl (C=O) groups is 2. The van der Waals surface area contributed by atoms with Gasteiger partial charge in [-0.3, -0.25) is 0 Å². The van der Waals surface area contributed by atoms with E-state index >= 15 is 0 Å². The largest absolute Gasteiger partial charge is 0.473 e. The molecular weight excluding hydrogens is 564 g/mol. The van der Waals surface area contributed by atoms with Crippen LogP contribution in [0.15, 0.2) is 36.4 Å². The van der Waals surface area contributed by atoms with Crippen molar-refractivity contribution < 1.29 is 28.6 Å². The van der Waals surface area contributed by atoms with Crippen LogP contribution < -0.4 is 21.3 Å². The predicted octanol–water partition coefficient (Wildman–Crippen LogP) is 4.54. The van der Waals surface area contributed by atoms with Crippen molar-refractivity contribution in [2.24, 2.45) is 0 Å². The average molecular weight is 592 g/mol. The molecule has 0 amide bonds. The molecule has 0 atom stereocenters. The molecule has 0 saturated carbocycles. The van der Waals surface area contributed by atoms with E-state index in [0.717, 1.165) is 0 Å². The van der Waals surface area contributed by atoms with Crippen LogP contribution in [0.1, 0.15) is 0 Å². The highest BCUT2D eigenvalue weighted by molar-refractivity contribution is 6.27. The second-order valence-corrected chi connectivity index (χ2v) is 8.27. The van der Waals surface area contributed by atoms with Gasteiger partial charge in [-0.15, -0.1) is 46.4 Å². The number of hydrogen-bond donors (Lipinski definition) is 4. The zero-order chi connectivity index (χ0) is 27.7. The Labute approximate surface area is 228 Å². The highest BCUT2D eigenvalue weighted by atomic mass is 35.5. The molecular formula is C22H28Cl4F2N4O4. The maximum Gasteiger partial charge on any atom is 0.414 e. The fraction of sp³-hybridized carbons (Fsp3) is 0.364. The van der Waals surface area contributed by atoms with Gasteiger partial charge in [0.1, 0.15) is 11.6 Å². The van der Waals surface area contributed by atoms with Gasteiger partial charge in [0, 0.05) is 61.1 Å². The second-order valence-electron chi connectivity index (χ2n) is 6.76. The number of rotatable bonds is 10. The van der Waals surface area contributed by atoms with Crippen molar-refractivity contribution in [3.8, 4) is 0 Å². The maximum absolute atomic E-state index is 13.5. The fourth-order valence-corrected chi connectivity index (χ4v) is 3.49. The lowest BCUT2D eigenvalue weighted by molar-refractivity contribution is -0.159. The lowest BCUT2D eigenvalue weighted by Gasteiger charge is -2.23. The Bertz CT molecular complexity index is 873. The SMILES string of the molecule is Nc1ccc(N(CCCl)CCCl)c(F)c1.Nc1ccc(N(CCCl)CCCl)c(F)c1.O=C(O)C(=O)O. The fourth-order valence-electron chi connectivity index (χ4n) is 2.67. The smallest absolute Gasteiger partial charge is 0.414 e. The van der Waals surface area contributed by atoms with Crippen molar-refractivity contribution in [1.82, 2.24) is 0 Å². The number of nitrogen functional groups attached to an aromatic ring is 2. The van der Waals surface area contributed by atoms with E-state index in [1.165, 1.54) is 12.1 Å². The van der Waals surface area contributed by atoms with E-state index in [9.17, 15) is 8.78 Å². The van der Waals surface area contributed by atoms with Crippen molar-refractivity contribution in [3.05, 3.63) is 48.0 Å². The number of hydrogen-bond acceptors (Lipinski definition) is 6. The molecule has 0 aliphatic heterocycles. The van der Waals surface area contributed by atoms with Gasteiger partial charge in [0.05, 0.1) is 11.4 Å². The first-order valence-corrected chi connectivity index (χ1v) is 12.5. The van der Waals surface area contributed by atoms with Crippen molar-refractivity contribution in [2.45, 2.75) is 0 Å². The van der Waals surface area contributed by atoms with E-state index < -0.39 is 11.9 Å². The summed E-state index contributed by atoms with van der Waals surface area (Å²) in [7, 11) is 0. The number of anilines is 4. The van der Waals surface area contributed by atoms with Gasteiger partial charge in [0.25, 0.3) is 0 Å². The molecule has 14 heteroatoms. The highest BCUT2D eigenvalue weighted by Crippen LogP contribution is 2.22. The molecule has 0 heterocycles. The van der Waals surface area contributed by atoms with Crippen LogP contribution in [-0.4, -0.2) is 71.9 Å². The first-order valence-electron chi connectivity index (χ1n) is 10.3. The molecule has 202 valence electrons. The summed E-state index contributed by atoms with van der Waals surface area (Å²) < 4.78 is 27.1. The Morgan fingerprint density at radius 1 is 0.667 bits per heavy atom. The third-order valence-corrected chi connectivity index (χ3v) is 4.90. The number of nitrogens with two attached hydrogens (primary N) is 2. The van der Waals surface area contributed by atoms with E-state index in [1.54, 1.807) is 34.1 Å². The first kappa shape index (κ1) is 33.6. The molecule has 0 saturated heterocycles. The van der Waals surface area contributed by atoms with Crippen molar-refractivity contribution >= 4 is 81.1 Å². The first-order chi connectivity index (χ1) is 17.0. The molecule has 2 rings (SSSR count). The van der Waals surface area contributed by atoms with Crippen LogP contribution in [0.2, 0.25) is 0 Å². The van der Waals surface area contributed by atoms with Gasteiger partial charge >= 0.3 is 11.9 Å². The minimum absolute atomic E-state index is 0.342. The summed E-state index contributed by atoms with van der Waals surface area (Å²) in [5, 5.41) is 14.8. The van der Waals surface area contributed by atoms with E-state index in [2.05, 4.69) is 0 Å². The van der Waals surface area contributed by atoms with Gasteiger partial charge < -0.3 is 31.5 Å². The number of carboxylic acid groups (broad SMARTS) is 2. The molecule has 0 aromatic heterocycles. The molecule has 0 bridgehead atoms. The van der Waals surface area contributed by atoms with E-state index in [-0.39, 0.29) is 11.6 Å². The van der Waals surface area contributed by atoms with Gasteiger partial charge in [0.2, 0.25) is 0 Å². The minimum Gasteiger partial charge on any atom is -0.473 e. The summed E-state index contributed by atoms with van der Waals surface area (Å²) >= 11 is 22.5. The molecule has 0 aliphatic rings. The molecule has 0 unspecified atom stereocenters. The Morgan fingerprint density at radius 3 is 1.14 bits per heavy atom. The lowest BCUT2D eigenvalue weighted by Crippen LogP contribution is -2.28. The number of alkyl halides is 4. The van der Waals surface area contributed by atoms with Crippen molar-refractivity contribution in [2.75, 3.05) is 71.0 Å². The Hall–Kier alpha value is -2.40. The van der Waals surface area contributed by atoms with Crippen molar-refractivity contribution in [1.29, 1.82) is 0 Å². The quantitative estimate of drug-likeness (QED) is 0.180. The molecule has 0 spiro atoms. The van der Waals surface area contributed by atoms with Gasteiger partial charge in [-0.25, -0.2) is 18.4 Å². The molecule has 2 aromatic rings. The normalized spacial score (nSPS) is 9.83. The van der Waals surface area contributed by atoms with E-state index in [4.69, 9.17) is 77.7 Å². The summed E-state index contributed by atoms with van der Waals surface area (Å²) in [6, 6.07) is 9.20. The molecule has 2 aromatic carbocycles. The number of nitrogens with zero attached hydrogens (tertiary/aromatic N) is 2. The summed E-state index contributed by atoms with van der Waals surface area (Å²) in [6.07, 6.45) is 0. The van der Waals surface area contributed by atoms with Gasteiger partial charge in [-0.1, -0.05) is 0 Å². The zero-order valence-corrected chi connectivity index (χ0v) is 22.2. The molecule has 8 nitrogen and oxygen atoms in total. The minimum atomic E-state index is -1.82. The molecule has 36 heavy (non-hydrogen) atoms. The van der Waals surface area contributed by atoms with Gasteiger partial charge in [-0.2, -0.15) is 0 Å². The summed E-state index contributed by atoms with van der Waals surface area (Å²) in [6.45, 7) is 2.26. The number of aliphatic carboxylic acids is 2. The van der Waals surface area contributed by atoms with Crippen LogP contribution in [0.3, 0.4) is 0 Å². The van der Waals surface area contributed by atoms with Crippen LogP contribution >= 0.6 is 46.4 Å². The Morgan fingerprint density at radius 2 is 0.944 bits per heavy atom. The van der Waals surface area contributed by atoms with E-state index in [0.29, 0.717) is 72.4 Å². The highest BCUT2D eigenvalue weighted by Gasteiger charge is 2.11. The number of halogens is 6. The van der Waals surface area contributed by atoms with Gasteiger partial charge in [0.15, 0.2) is 0 Å². The topological polar surface area (TPSA) is 133 Å². The Balaban J connectivity index is 0.000000558. The van der Waals surface area contributed by atoms with Crippen LogP contribution in [0.4, 0.5) is 31.5 Å². The average Bonchev–Trinajstić information content (AvgIpc) is 2.80. The number of carboxylic acids is 2. The molecule has 6 N–H and O–H groups in total. The summed E-state index contributed by atoms with van der Waals surface area (Å²) in [4.78, 5) is 21.8. The molecule has 0 fully saturated rings. The van der Waals surface area contributed by atoms with Crippen LogP contribution in [0, 0.1) is 11.6 Å². The van der Waals surface area contributed by atoms with Crippen molar-refractivity contribution in [3.63, 3.8) is 0 Å². The number of benzene rings is 2. The summed E-state index contributed by atoms with van der Waals surface area (Å²) in [5.41, 5.74) is 12.7. The zero-order valence-electron chi connectivity index (χ0n) is 19.1. The van der Waals surface area contributed by atoms with Crippen LogP contribution in [0.25, 0.3) is 0 Å². The summed E-state index contributed by atoms with van der Waals surface area (Å²) in [5.74, 6) is -2.61. The predicted molar refractivity (Wildman–Crippen MR) is 144 cm³/mol. The van der Waals surface area contributed by atoms with Crippen LogP contribution in [-0.2, 0) is 9.59 Å². The Kier molecular flexibility index (Phi) is 17.6. The maximum atomic E-state index is 13.5. The monoisotopic (exact) mass is 590 g/mol. The lowest BCUT2D eigenvalue weighted by atomic mass is 10.2. The third kappa shape index (κ3) is 13.1.